The Bertz CT molecular complexity index is 889. The third-order valence-corrected chi connectivity index (χ3v) is 4.91. The second kappa shape index (κ2) is 5.95. The van der Waals surface area contributed by atoms with Gasteiger partial charge in [-0.15, -0.1) is 0 Å². The molecule has 0 radical (unpaired) electrons. The molecule has 6 heteroatoms. The van der Waals surface area contributed by atoms with Gasteiger partial charge in [0, 0.05) is 17.7 Å². The zero-order valence-electron chi connectivity index (χ0n) is 14.9. The molecule has 0 amide bonds. The molecule has 0 saturated carbocycles. The van der Waals surface area contributed by atoms with Crippen molar-refractivity contribution < 1.29 is 4.39 Å². The summed E-state index contributed by atoms with van der Waals surface area (Å²) in [7, 11) is 0. The summed E-state index contributed by atoms with van der Waals surface area (Å²) in [5, 5.41) is 7.63. The maximum Gasteiger partial charge on any atom is 0.125 e. The van der Waals surface area contributed by atoms with Crippen LogP contribution in [-0.2, 0) is 12.0 Å². The number of aromatic nitrogens is 4. The molecule has 1 aliphatic rings. The molecule has 5 nitrogen and oxygen atoms in total. The molecule has 3 aromatic rings. The van der Waals surface area contributed by atoms with E-state index in [4.69, 9.17) is 0 Å². The molecular weight excluding hydrogens is 317 g/mol. The van der Waals surface area contributed by atoms with Gasteiger partial charge in [0.1, 0.15) is 11.6 Å². The fourth-order valence-corrected chi connectivity index (χ4v) is 3.53. The second-order valence-electron chi connectivity index (χ2n) is 7.94. The molecule has 1 saturated heterocycles. The summed E-state index contributed by atoms with van der Waals surface area (Å²) >= 11 is 0. The van der Waals surface area contributed by atoms with E-state index in [0.717, 1.165) is 54.2 Å². The van der Waals surface area contributed by atoms with E-state index in [0.29, 0.717) is 0 Å². The molecule has 25 heavy (non-hydrogen) atoms. The van der Waals surface area contributed by atoms with Gasteiger partial charge in [-0.05, 0) is 43.7 Å². The fraction of sp³-hybridized carbons (Fsp3) is 0.474. The number of likely N-dealkylation sites (tertiary alicyclic amines) is 1. The minimum absolute atomic E-state index is 0.0436. The quantitative estimate of drug-likeness (QED) is 0.755. The van der Waals surface area contributed by atoms with Gasteiger partial charge in [-0.25, -0.2) is 9.37 Å². The topological polar surface area (TPSA) is 60.6 Å². The molecule has 4 rings (SSSR count). The van der Waals surface area contributed by atoms with Gasteiger partial charge < -0.3 is 4.98 Å². The summed E-state index contributed by atoms with van der Waals surface area (Å²) in [5.41, 5.74) is 3.83. The Balaban J connectivity index is 1.56. The minimum atomic E-state index is -0.238. The van der Waals surface area contributed by atoms with Crippen LogP contribution in [-0.4, -0.2) is 31.6 Å². The van der Waals surface area contributed by atoms with Crippen molar-refractivity contribution in [2.45, 2.75) is 51.6 Å². The standard InChI is InChI=1S/C19H24FN5/c1-19(2,3)17-10-13(23-24-17)11-25-8-4-5-16(25)18-21-14-7-6-12(20)9-15(14)22-18/h6-7,9-10,16H,4-5,8,11H2,1-3H3,(H,21,22)(H,23,24). The van der Waals surface area contributed by atoms with Crippen LogP contribution < -0.4 is 0 Å². The molecule has 1 aliphatic heterocycles. The Morgan fingerprint density at radius 2 is 2.12 bits per heavy atom. The van der Waals surface area contributed by atoms with E-state index in [-0.39, 0.29) is 17.3 Å². The molecular formula is C19H24FN5. The number of benzene rings is 1. The first-order valence-electron chi connectivity index (χ1n) is 8.84. The average Bonchev–Trinajstić information content (AvgIpc) is 3.24. The largest absolute Gasteiger partial charge is 0.341 e. The fourth-order valence-electron chi connectivity index (χ4n) is 3.53. The van der Waals surface area contributed by atoms with Crippen molar-refractivity contribution in [1.82, 2.24) is 25.1 Å². The number of rotatable bonds is 3. The van der Waals surface area contributed by atoms with Crippen LogP contribution >= 0.6 is 0 Å². The zero-order valence-corrected chi connectivity index (χ0v) is 14.9. The van der Waals surface area contributed by atoms with Gasteiger partial charge in [0.15, 0.2) is 0 Å². The van der Waals surface area contributed by atoms with Gasteiger partial charge in [-0.3, -0.25) is 10.00 Å². The van der Waals surface area contributed by atoms with Gasteiger partial charge >= 0.3 is 0 Å². The molecule has 1 aromatic carbocycles. The number of H-pyrrole nitrogens is 2. The van der Waals surface area contributed by atoms with Gasteiger partial charge in [0.25, 0.3) is 0 Å². The summed E-state index contributed by atoms with van der Waals surface area (Å²) in [4.78, 5) is 10.4. The van der Waals surface area contributed by atoms with Crippen molar-refractivity contribution >= 4 is 11.0 Å². The van der Waals surface area contributed by atoms with Crippen LogP contribution in [0.4, 0.5) is 4.39 Å². The van der Waals surface area contributed by atoms with E-state index < -0.39 is 0 Å². The molecule has 1 atom stereocenters. The minimum Gasteiger partial charge on any atom is -0.341 e. The van der Waals surface area contributed by atoms with Crippen molar-refractivity contribution in [1.29, 1.82) is 0 Å². The summed E-state index contributed by atoms with van der Waals surface area (Å²) in [6.07, 6.45) is 2.19. The number of imidazole rings is 1. The molecule has 2 N–H and O–H groups in total. The Morgan fingerprint density at radius 1 is 1.28 bits per heavy atom. The maximum absolute atomic E-state index is 13.4. The summed E-state index contributed by atoms with van der Waals surface area (Å²) in [6.45, 7) is 8.34. The lowest BCUT2D eigenvalue weighted by atomic mass is 9.92. The first-order valence-corrected chi connectivity index (χ1v) is 8.84. The highest BCUT2D eigenvalue weighted by Crippen LogP contribution is 2.33. The van der Waals surface area contributed by atoms with Crippen molar-refractivity contribution in [2.75, 3.05) is 6.54 Å². The van der Waals surface area contributed by atoms with Gasteiger partial charge in [0.05, 0.1) is 22.8 Å². The Hall–Kier alpha value is -2.21. The van der Waals surface area contributed by atoms with Gasteiger partial charge in [-0.2, -0.15) is 5.10 Å². The normalized spacial score (nSPS) is 19.1. The van der Waals surface area contributed by atoms with Crippen LogP contribution in [0.5, 0.6) is 0 Å². The first kappa shape index (κ1) is 16.3. The summed E-state index contributed by atoms with van der Waals surface area (Å²) < 4.78 is 13.4. The predicted molar refractivity (Wildman–Crippen MR) is 95.7 cm³/mol. The molecule has 132 valence electrons. The van der Waals surface area contributed by atoms with E-state index in [1.165, 1.54) is 12.1 Å². The molecule has 2 aromatic heterocycles. The van der Waals surface area contributed by atoms with Crippen LogP contribution in [0.1, 0.15) is 56.9 Å². The van der Waals surface area contributed by atoms with Crippen molar-refractivity contribution in [2.24, 2.45) is 0 Å². The summed E-state index contributed by atoms with van der Waals surface area (Å²) in [6, 6.07) is 7.09. The lowest BCUT2D eigenvalue weighted by molar-refractivity contribution is 0.238. The molecule has 1 unspecified atom stereocenters. The number of hydrogen-bond donors (Lipinski definition) is 2. The lowest BCUT2D eigenvalue weighted by Gasteiger charge is -2.22. The second-order valence-corrected chi connectivity index (χ2v) is 7.94. The van der Waals surface area contributed by atoms with Crippen molar-refractivity contribution in [3.63, 3.8) is 0 Å². The lowest BCUT2D eigenvalue weighted by Crippen LogP contribution is -2.23. The SMILES string of the molecule is CC(C)(C)c1cc(CN2CCCC2c2nc3ccc(F)cc3[nH]2)[nH]n1. The van der Waals surface area contributed by atoms with Crippen LogP contribution in [0, 0.1) is 5.82 Å². The highest BCUT2D eigenvalue weighted by atomic mass is 19.1. The predicted octanol–water partition coefficient (Wildman–Crippen LogP) is 4.06. The van der Waals surface area contributed by atoms with E-state index in [1.54, 1.807) is 6.07 Å². The van der Waals surface area contributed by atoms with E-state index in [1.807, 2.05) is 0 Å². The van der Waals surface area contributed by atoms with Crippen LogP contribution in [0.2, 0.25) is 0 Å². The Labute approximate surface area is 146 Å². The molecule has 0 aliphatic carbocycles. The average molecular weight is 341 g/mol. The number of hydrogen-bond acceptors (Lipinski definition) is 3. The Morgan fingerprint density at radius 3 is 2.88 bits per heavy atom. The number of fused-ring (bicyclic) bond motifs is 1. The molecule has 0 spiro atoms. The molecule has 1 fully saturated rings. The Kier molecular flexibility index (Phi) is 3.87. The smallest absolute Gasteiger partial charge is 0.125 e. The zero-order chi connectivity index (χ0) is 17.6. The van der Waals surface area contributed by atoms with E-state index in [9.17, 15) is 4.39 Å². The van der Waals surface area contributed by atoms with E-state index >= 15 is 0 Å². The number of nitrogens with zero attached hydrogens (tertiary/aromatic N) is 3. The maximum atomic E-state index is 13.4. The van der Waals surface area contributed by atoms with Gasteiger partial charge in [0.2, 0.25) is 0 Å². The van der Waals surface area contributed by atoms with Crippen molar-refractivity contribution in [3.8, 4) is 0 Å². The van der Waals surface area contributed by atoms with Crippen LogP contribution in [0.3, 0.4) is 0 Å². The third kappa shape index (κ3) is 3.18. The highest BCUT2D eigenvalue weighted by molar-refractivity contribution is 5.75. The number of nitrogens with one attached hydrogen (secondary N) is 2. The van der Waals surface area contributed by atoms with Crippen molar-refractivity contribution in [3.05, 3.63) is 47.3 Å². The number of aromatic amines is 2. The highest BCUT2D eigenvalue weighted by Gasteiger charge is 2.29. The molecule has 0 bridgehead atoms. The third-order valence-electron chi connectivity index (χ3n) is 4.91. The first-order chi connectivity index (χ1) is 11.9. The number of halogens is 1. The van der Waals surface area contributed by atoms with Gasteiger partial charge in [-0.1, -0.05) is 20.8 Å². The molecule has 3 heterocycles. The monoisotopic (exact) mass is 341 g/mol. The summed E-state index contributed by atoms with van der Waals surface area (Å²) in [5.74, 6) is 0.687. The van der Waals surface area contributed by atoms with Crippen LogP contribution in [0.15, 0.2) is 24.3 Å². The van der Waals surface area contributed by atoms with Crippen LogP contribution in [0.25, 0.3) is 11.0 Å². The van der Waals surface area contributed by atoms with E-state index in [2.05, 4.69) is 51.9 Å².